The lowest BCUT2D eigenvalue weighted by Gasteiger charge is -2.11. The Balaban J connectivity index is 1.36. The maximum absolute atomic E-state index is 5.13. The van der Waals surface area contributed by atoms with Crippen molar-refractivity contribution in [2.75, 3.05) is 0 Å². The molecule has 3 aromatic heterocycles. The van der Waals surface area contributed by atoms with Crippen LogP contribution in [0.25, 0.3) is 49.3 Å². The minimum absolute atomic E-state index is 0.809. The lowest BCUT2D eigenvalue weighted by molar-refractivity contribution is 1.08. The number of rotatable bonds is 5. The maximum Gasteiger partial charge on any atom is 0.147 e. The summed E-state index contributed by atoms with van der Waals surface area (Å²) < 4.78 is 3.55. The van der Waals surface area contributed by atoms with Crippen LogP contribution in [0.4, 0.5) is 0 Å². The molecule has 7 rings (SSSR count). The number of fused-ring (bicyclic) bond motifs is 2. The van der Waals surface area contributed by atoms with Crippen molar-refractivity contribution in [2.24, 2.45) is 0 Å². The summed E-state index contributed by atoms with van der Waals surface area (Å²) in [7, 11) is 0. The molecule has 7 aromatic rings. The fraction of sp³-hybridized carbons (Fsp3) is 0.0303. The summed E-state index contributed by atoms with van der Waals surface area (Å²) in [6, 6.07) is 40.5. The van der Waals surface area contributed by atoms with Crippen LogP contribution < -0.4 is 0 Å². The maximum atomic E-state index is 5.13. The topological polar surface area (TPSA) is 30.7 Å². The smallest absolute Gasteiger partial charge is 0.147 e. The van der Waals surface area contributed by atoms with Crippen LogP contribution in [-0.2, 0) is 6.42 Å². The number of para-hydroxylation sites is 2. The van der Waals surface area contributed by atoms with E-state index in [-0.39, 0.29) is 0 Å². The van der Waals surface area contributed by atoms with Gasteiger partial charge in [0.05, 0.1) is 11.0 Å². The fourth-order valence-corrected chi connectivity index (χ4v) is 5.89. The van der Waals surface area contributed by atoms with E-state index in [2.05, 4.69) is 118 Å². The fourth-order valence-electron chi connectivity index (χ4n) is 4.97. The molecular weight excluding hydrogens is 470 g/mol. The van der Waals surface area contributed by atoms with E-state index < -0.39 is 0 Å². The zero-order chi connectivity index (χ0) is 24.6. The van der Waals surface area contributed by atoms with Crippen molar-refractivity contribution in [3.8, 4) is 28.2 Å². The Hall–Kier alpha value is -4.54. The molecule has 0 aliphatic carbocycles. The molecule has 0 aliphatic heterocycles. The van der Waals surface area contributed by atoms with Crippen LogP contribution in [0.5, 0.6) is 0 Å². The summed E-state index contributed by atoms with van der Waals surface area (Å²) in [6.07, 6.45) is 2.67. The van der Waals surface area contributed by atoms with Gasteiger partial charge in [-0.05, 0) is 65.2 Å². The number of benzene rings is 4. The Morgan fingerprint density at radius 2 is 1.49 bits per heavy atom. The van der Waals surface area contributed by atoms with Gasteiger partial charge in [-0.2, -0.15) is 0 Å². The Kier molecular flexibility index (Phi) is 5.38. The van der Waals surface area contributed by atoms with Gasteiger partial charge in [0.15, 0.2) is 0 Å². The largest absolute Gasteiger partial charge is 0.292 e. The lowest BCUT2D eigenvalue weighted by atomic mass is 10.0. The molecule has 0 amide bonds. The van der Waals surface area contributed by atoms with Crippen LogP contribution in [0.2, 0.25) is 0 Å². The second-order valence-electron chi connectivity index (χ2n) is 9.15. The molecule has 176 valence electrons. The molecule has 0 spiro atoms. The van der Waals surface area contributed by atoms with Crippen LogP contribution >= 0.6 is 11.3 Å². The molecule has 0 N–H and O–H groups in total. The van der Waals surface area contributed by atoms with E-state index in [1.807, 2.05) is 18.3 Å². The molecule has 0 aliphatic rings. The van der Waals surface area contributed by atoms with Crippen molar-refractivity contribution in [3.05, 3.63) is 138 Å². The number of imidazole rings is 1. The van der Waals surface area contributed by atoms with Gasteiger partial charge >= 0.3 is 0 Å². The molecule has 0 fully saturated rings. The molecule has 0 saturated heterocycles. The first-order chi connectivity index (χ1) is 18.3. The molecule has 0 saturated carbocycles. The van der Waals surface area contributed by atoms with Crippen molar-refractivity contribution < 1.29 is 0 Å². The van der Waals surface area contributed by atoms with Gasteiger partial charge in [-0.25, -0.2) is 4.98 Å². The van der Waals surface area contributed by atoms with Gasteiger partial charge in [-0.15, -0.1) is 11.3 Å². The molecule has 4 aromatic carbocycles. The van der Waals surface area contributed by atoms with Gasteiger partial charge in [0, 0.05) is 45.0 Å². The second kappa shape index (κ2) is 9.16. The van der Waals surface area contributed by atoms with Gasteiger partial charge in [-0.1, -0.05) is 66.7 Å². The van der Waals surface area contributed by atoms with Crippen molar-refractivity contribution in [1.29, 1.82) is 0 Å². The van der Waals surface area contributed by atoms with E-state index in [9.17, 15) is 0 Å². The van der Waals surface area contributed by atoms with E-state index in [4.69, 9.17) is 4.98 Å². The number of pyridine rings is 1. The van der Waals surface area contributed by atoms with Gasteiger partial charge in [0.2, 0.25) is 0 Å². The standard InChI is InChI=1S/C33H23N3S/c1-2-8-24(9-3-1)25-14-16-27(17-15-25)36-31-12-5-4-11-30(31)35-33(36)29-22-37-32-18-13-23(21-28(29)32)20-26-10-6-7-19-34-26/h1-19,21-22H,20H2. The van der Waals surface area contributed by atoms with Gasteiger partial charge in [0.25, 0.3) is 0 Å². The van der Waals surface area contributed by atoms with E-state index >= 15 is 0 Å². The average Bonchev–Trinajstić information content (AvgIpc) is 3.55. The predicted molar refractivity (Wildman–Crippen MR) is 154 cm³/mol. The van der Waals surface area contributed by atoms with Crippen LogP contribution in [-0.4, -0.2) is 14.5 Å². The highest BCUT2D eigenvalue weighted by atomic mass is 32.1. The van der Waals surface area contributed by atoms with E-state index in [1.165, 1.54) is 26.8 Å². The normalized spacial score (nSPS) is 11.4. The first-order valence-corrected chi connectivity index (χ1v) is 13.3. The number of hydrogen-bond acceptors (Lipinski definition) is 3. The van der Waals surface area contributed by atoms with Crippen LogP contribution in [0.3, 0.4) is 0 Å². The molecule has 0 bridgehead atoms. The highest BCUT2D eigenvalue weighted by Crippen LogP contribution is 2.37. The highest BCUT2D eigenvalue weighted by molar-refractivity contribution is 7.17. The average molecular weight is 494 g/mol. The molecule has 0 radical (unpaired) electrons. The summed E-state index contributed by atoms with van der Waals surface area (Å²) >= 11 is 1.77. The summed E-state index contributed by atoms with van der Waals surface area (Å²) in [5.74, 6) is 0.967. The lowest BCUT2D eigenvalue weighted by Crippen LogP contribution is -1.97. The molecule has 37 heavy (non-hydrogen) atoms. The summed E-state index contributed by atoms with van der Waals surface area (Å²) in [6.45, 7) is 0. The van der Waals surface area contributed by atoms with Crippen LogP contribution in [0.15, 0.2) is 127 Å². The summed E-state index contributed by atoms with van der Waals surface area (Å²) in [4.78, 5) is 9.65. The SMILES string of the molecule is c1ccc(-c2ccc(-n3c(-c4csc5ccc(Cc6ccccn6)cc45)nc4ccccc43)cc2)cc1. The van der Waals surface area contributed by atoms with Gasteiger partial charge in [-0.3, -0.25) is 9.55 Å². The zero-order valence-corrected chi connectivity index (χ0v) is 20.9. The first kappa shape index (κ1) is 21.7. The Morgan fingerprint density at radius 3 is 2.32 bits per heavy atom. The highest BCUT2D eigenvalue weighted by Gasteiger charge is 2.18. The third-order valence-electron chi connectivity index (χ3n) is 6.78. The van der Waals surface area contributed by atoms with Crippen molar-refractivity contribution >= 4 is 32.5 Å². The number of aromatic nitrogens is 3. The quantitative estimate of drug-likeness (QED) is 0.240. The summed E-state index contributed by atoms with van der Waals surface area (Å²) in [5, 5.41) is 3.47. The van der Waals surface area contributed by atoms with Gasteiger partial charge < -0.3 is 0 Å². The van der Waals surface area contributed by atoms with Crippen molar-refractivity contribution in [1.82, 2.24) is 14.5 Å². The number of hydrogen-bond donors (Lipinski definition) is 0. The summed E-state index contributed by atoms with van der Waals surface area (Å²) in [5.41, 5.74) is 9.11. The molecule has 3 heterocycles. The van der Waals surface area contributed by atoms with Crippen molar-refractivity contribution in [3.63, 3.8) is 0 Å². The zero-order valence-electron chi connectivity index (χ0n) is 20.1. The number of thiophene rings is 1. The van der Waals surface area contributed by atoms with E-state index in [1.54, 1.807) is 11.3 Å². The Labute approximate surface area is 219 Å². The number of nitrogens with zero attached hydrogens (tertiary/aromatic N) is 3. The van der Waals surface area contributed by atoms with E-state index in [0.717, 1.165) is 40.2 Å². The van der Waals surface area contributed by atoms with E-state index in [0.29, 0.717) is 0 Å². The van der Waals surface area contributed by atoms with Gasteiger partial charge in [0.1, 0.15) is 5.82 Å². The van der Waals surface area contributed by atoms with Crippen LogP contribution in [0.1, 0.15) is 11.3 Å². The molecule has 0 unspecified atom stereocenters. The minimum atomic E-state index is 0.809. The Bertz CT molecular complexity index is 1830. The molecule has 0 atom stereocenters. The molecule has 3 nitrogen and oxygen atoms in total. The van der Waals surface area contributed by atoms with Crippen molar-refractivity contribution in [2.45, 2.75) is 6.42 Å². The first-order valence-electron chi connectivity index (χ1n) is 12.4. The third kappa shape index (κ3) is 4.02. The monoisotopic (exact) mass is 493 g/mol. The third-order valence-corrected chi connectivity index (χ3v) is 7.75. The predicted octanol–water partition coefficient (Wildman–Crippen LogP) is 8.56. The molecular formula is C33H23N3S. The minimum Gasteiger partial charge on any atom is -0.292 e. The Morgan fingerprint density at radius 1 is 0.703 bits per heavy atom. The second-order valence-corrected chi connectivity index (χ2v) is 10.1. The molecule has 4 heteroatoms. The van der Waals surface area contributed by atoms with Crippen LogP contribution in [0, 0.1) is 0 Å².